The maximum absolute atomic E-state index is 10.1. The summed E-state index contributed by atoms with van der Waals surface area (Å²) in [4.78, 5) is 0. The Labute approximate surface area is 168 Å². The predicted octanol–water partition coefficient (Wildman–Crippen LogP) is 6.85. The van der Waals surface area contributed by atoms with E-state index in [1.165, 1.54) is 51.4 Å². The summed E-state index contributed by atoms with van der Waals surface area (Å²) >= 11 is 0. The number of hydrogen-bond donors (Lipinski definition) is 1. The van der Waals surface area contributed by atoms with Crippen LogP contribution in [-0.2, 0) is 0 Å². The molecule has 0 aromatic carbocycles. The van der Waals surface area contributed by atoms with E-state index in [0.717, 1.165) is 54.3 Å². The Kier molecular flexibility index (Phi) is 5.81. The third-order valence-electron chi connectivity index (χ3n) is 10.0. The van der Waals surface area contributed by atoms with Crippen LogP contribution in [-0.4, -0.2) is 11.2 Å². The molecule has 4 saturated carbocycles. The van der Waals surface area contributed by atoms with Crippen LogP contribution >= 0.6 is 0 Å². The number of rotatable bonds is 4. The zero-order valence-electron chi connectivity index (χ0n) is 18.4. The lowest BCUT2D eigenvalue weighted by molar-refractivity contribution is -0.0767. The van der Waals surface area contributed by atoms with Crippen LogP contribution in [0.15, 0.2) is 12.2 Å². The quantitative estimate of drug-likeness (QED) is 0.535. The van der Waals surface area contributed by atoms with Crippen molar-refractivity contribution in [1.82, 2.24) is 0 Å². The largest absolute Gasteiger partial charge is 0.393 e. The summed E-state index contributed by atoms with van der Waals surface area (Å²) in [6.07, 6.45) is 18.7. The first kappa shape index (κ1) is 20.0. The van der Waals surface area contributed by atoms with Gasteiger partial charge in [-0.15, -0.1) is 0 Å². The van der Waals surface area contributed by atoms with Crippen molar-refractivity contribution in [3.05, 3.63) is 12.2 Å². The average Bonchev–Trinajstić information content (AvgIpc) is 2.97. The second kappa shape index (κ2) is 7.85. The van der Waals surface area contributed by atoms with Crippen molar-refractivity contribution in [3.63, 3.8) is 0 Å². The molecule has 0 aromatic heterocycles. The Morgan fingerprint density at radius 2 is 1.70 bits per heavy atom. The molecule has 4 aliphatic carbocycles. The van der Waals surface area contributed by atoms with Gasteiger partial charge in [0, 0.05) is 0 Å². The molecule has 4 fully saturated rings. The van der Waals surface area contributed by atoms with Crippen molar-refractivity contribution < 1.29 is 5.11 Å². The molecular weight excluding hydrogens is 328 g/mol. The van der Waals surface area contributed by atoms with Gasteiger partial charge in [-0.1, -0.05) is 39.8 Å². The molecule has 0 heterocycles. The van der Waals surface area contributed by atoms with E-state index < -0.39 is 0 Å². The van der Waals surface area contributed by atoms with E-state index in [1.54, 1.807) is 0 Å². The Bertz CT molecular complexity index is 536. The van der Waals surface area contributed by atoms with Crippen LogP contribution in [0.25, 0.3) is 0 Å². The van der Waals surface area contributed by atoms with Crippen LogP contribution in [0.2, 0.25) is 0 Å². The van der Waals surface area contributed by atoms with Gasteiger partial charge in [-0.2, -0.15) is 0 Å². The number of aliphatic hydroxyl groups excluding tert-OH is 1. The summed E-state index contributed by atoms with van der Waals surface area (Å²) in [6.45, 7) is 9.71. The van der Waals surface area contributed by atoms with Crippen LogP contribution < -0.4 is 0 Å². The van der Waals surface area contributed by atoms with E-state index in [2.05, 4.69) is 39.8 Å². The molecule has 9 atom stereocenters. The minimum absolute atomic E-state index is 0.00698. The average molecular weight is 373 g/mol. The highest BCUT2D eigenvalue weighted by atomic mass is 16.3. The van der Waals surface area contributed by atoms with Crippen molar-refractivity contribution in [2.75, 3.05) is 0 Å². The summed E-state index contributed by atoms with van der Waals surface area (Å²) < 4.78 is 0. The second-order valence-corrected chi connectivity index (χ2v) is 11.5. The van der Waals surface area contributed by atoms with E-state index in [1.807, 2.05) is 0 Å². The van der Waals surface area contributed by atoms with E-state index in [0.29, 0.717) is 11.3 Å². The van der Waals surface area contributed by atoms with Crippen LogP contribution in [0.5, 0.6) is 0 Å². The lowest BCUT2D eigenvalue weighted by atomic mass is 9.49. The topological polar surface area (TPSA) is 20.2 Å². The number of fused-ring (bicyclic) bond motifs is 5. The maximum atomic E-state index is 10.1. The van der Waals surface area contributed by atoms with Gasteiger partial charge in [-0.25, -0.2) is 0 Å². The van der Waals surface area contributed by atoms with Gasteiger partial charge >= 0.3 is 0 Å². The summed E-state index contributed by atoms with van der Waals surface area (Å²) in [7, 11) is 0. The van der Waals surface area contributed by atoms with Crippen LogP contribution in [0.4, 0.5) is 0 Å². The number of allylic oxidation sites excluding steroid dienone is 2. The first-order chi connectivity index (χ1) is 12.9. The Hall–Kier alpha value is -0.300. The monoisotopic (exact) mass is 372 g/mol. The molecule has 0 radical (unpaired) electrons. The molecule has 0 bridgehead atoms. The van der Waals surface area contributed by atoms with E-state index in [-0.39, 0.29) is 6.10 Å². The Morgan fingerprint density at radius 1 is 0.926 bits per heavy atom. The smallest absolute Gasteiger partial charge is 0.0543 e. The van der Waals surface area contributed by atoms with Gasteiger partial charge in [0.15, 0.2) is 0 Å². The van der Waals surface area contributed by atoms with Gasteiger partial charge in [-0.3, -0.25) is 0 Å². The molecule has 4 aliphatic rings. The first-order valence-corrected chi connectivity index (χ1v) is 12.2. The van der Waals surface area contributed by atoms with Gasteiger partial charge in [-0.05, 0) is 117 Å². The molecule has 1 nitrogen and oxygen atoms in total. The molecule has 154 valence electrons. The third kappa shape index (κ3) is 3.67. The van der Waals surface area contributed by atoms with Crippen LogP contribution in [0.3, 0.4) is 0 Å². The van der Waals surface area contributed by atoms with Gasteiger partial charge in [0.05, 0.1) is 6.10 Å². The Morgan fingerprint density at radius 3 is 2.48 bits per heavy atom. The van der Waals surface area contributed by atoms with E-state index in [4.69, 9.17) is 0 Å². The van der Waals surface area contributed by atoms with Gasteiger partial charge < -0.3 is 5.11 Å². The first-order valence-electron chi connectivity index (χ1n) is 12.2. The lowest BCUT2D eigenvalue weighted by Crippen LogP contribution is -2.48. The fourth-order valence-electron chi connectivity index (χ4n) is 8.00. The van der Waals surface area contributed by atoms with Crippen molar-refractivity contribution >= 4 is 0 Å². The van der Waals surface area contributed by atoms with Gasteiger partial charge in [0.1, 0.15) is 0 Å². The van der Waals surface area contributed by atoms with Gasteiger partial charge in [0.25, 0.3) is 0 Å². The Balaban J connectivity index is 1.42. The molecular formula is C26H44O. The fourth-order valence-corrected chi connectivity index (χ4v) is 8.00. The van der Waals surface area contributed by atoms with Gasteiger partial charge in [0.2, 0.25) is 0 Å². The third-order valence-corrected chi connectivity index (χ3v) is 10.0. The lowest BCUT2D eigenvalue weighted by Gasteiger charge is -2.56. The SMILES string of the molecule is CC(C)C(C)/C=C/C[C@H]1CCC2C3CCC4CC(O)CCC4C3CC[C@@]21C. The minimum atomic E-state index is 0.00698. The molecule has 0 aromatic rings. The summed E-state index contributed by atoms with van der Waals surface area (Å²) in [5.74, 6) is 7.17. The van der Waals surface area contributed by atoms with Crippen molar-refractivity contribution in [2.24, 2.45) is 52.8 Å². The van der Waals surface area contributed by atoms with E-state index in [9.17, 15) is 5.11 Å². The molecule has 0 amide bonds. The molecule has 0 saturated heterocycles. The fraction of sp³-hybridized carbons (Fsp3) is 0.923. The van der Waals surface area contributed by atoms with Crippen molar-refractivity contribution in [3.8, 4) is 0 Å². The maximum Gasteiger partial charge on any atom is 0.0543 e. The molecule has 7 unspecified atom stereocenters. The standard InChI is InChI=1S/C26H44O/c1-17(2)18(3)6-5-7-20-9-13-25-24-11-8-19-16-21(27)10-12-22(19)23(24)14-15-26(20,25)4/h5-6,17-25,27H,7-16H2,1-4H3/b6-5+/t18?,19?,20-,21?,22?,23?,24?,25?,26+/m0/s1. The van der Waals surface area contributed by atoms with Crippen molar-refractivity contribution in [2.45, 2.75) is 98.0 Å². The molecule has 0 spiro atoms. The van der Waals surface area contributed by atoms with Crippen LogP contribution in [0, 0.1) is 52.8 Å². The molecule has 0 aliphatic heterocycles. The van der Waals surface area contributed by atoms with Crippen LogP contribution in [0.1, 0.15) is 91.9 Å². The number of aliphatic hydroxyl groups is 1. The summed E-state index contributed by atoms with van der Waals surface area (Å²) in [5, 5.41) is 10.1. The molecule has 1 heteroatoms. The van der Waals surface area contributed by atoms with Crippen molar-refractivity contribution in [1.29, 1.82) is 0 Å². The highest BCUT2D eigenvalue weighted by Crippen LogP contribution is 2.64. The molecule has 4 rings (SSSR count). The number of hydrogen-bond acceptors (Lipinski definition) is 1. The normalized spacial score (nSPS) is 48.3. The zero-order valence-corrected chi connectivity index (χ0v) is 18.4. The zero-order chi connectivity index (χ0) is 19.2. The summed E-state index contributed by atoms with van der Waals surface area (Å²) in [6, 6.07) is 0. The minimum Gasteiger partial charge on any atom is -0.393 e. The second-order valence-electron chi connectivity index (χ2n) is 11.5. The predicted molar refractivity (Wildman–Crippen MR) is 114 cm³/mol. The summed E-state index contributed by atoms with van der Waals surface area (Å²) in [5.41, 5.74) is 0.605. The highest BCUT2D eigenvalue weighted by Gasteiger charge is 2.56. The highest BCUT2D eigenvalue weighted by molar-refractivity contribution is 5.07. The molecule has 1 N–H and O–H groups in total. The molecule has 27 heavy (non-hydrogen) atoms. The van der Waals surface area contributed by atoms with E-state index >= 15 is 0 Å².